The lowest BCUT2D eigenvalue weighted by Gasteiger charge is -2.19. The first-order valence-corrected chi connectivity index (χ1v) is 8.52. The number of anilines is 1. The largest absolute Gasteiger partial charge is 0.486 e. The normalized spacial score (nSPS) is 18.0. The topological polar surface area (TPSA) is 73.9 Å². The number of ether oxygens (including phenoxy) is 3. The fraction of sp³-hybridized carbons (Fsp3) is 0.556. The molecule has 1 heterocycles. The van der Waals surface area contributed by atoms with Gasteiger partial charge in [0.15, 0.2) is 17.6 Å². The van der Waals surface area contributed by atoms with E-state index in [9.17, 15) is 9.59 Å². The maximum Gasteiger partial charge on any atom is 0.306 e. The fourth-order valence-corrected chi connectivity index (χ4v) is 3.11. The molecule has 1 aliphatic heterocycles. The number of fused-ring (bicyclic) bond motifs is 1. The predicted molar refractivity (Wildman–Crippen MR) is 88.2 cm³/mol. The maximum absolute atomic E-state index is 12.2. The number of carbonyl (C=O) groups excluding carboxylic acids is 2. The Morgan fingerprint density at radius 1 is 1.21 bits per heavy atom. The highest BCUT2D eigenvalue weighted by atomic mass is 16.6. The van der Waals surface area contributed by atoms with E-state index in [1.54, 1.807) is 25.1 Å². The summed E-state index contributed by atoms with van der Waals surface area (Å²) in [7, 11) is 0. The van der Waals surface area contributed by atoms with Crippen LogP contribution in [0.1, 0.15) is 39.0 Å². The number of hydrogen-bond donors (Lipinski definition) is 1. The fourth-order valence-electron chi connectivity index (χ4n) is 3.11. The molecular formula is C18H23NO5. The van der Waals surface area contributed by atoms with Gasteiger partial charge in [0.05, 0.1) is 0 Å². The number of esters is 1. The molecule has 1 fully saturated rings. The van der Waals surface area contributed by atoms with Crippen molar-refractivity contribution < 1.29 is 23.8 Å². The molecule has 0 saturated heterocycles. The Kier molecular flexibility index (Phi) is 5.23. The SMILES string of the molecule is CC(OC(=O)CC1CCCC1)C(=O)Nc1ccc2c(c1)OCCO2. The molecule has 1 aliphatic carbocycles. The summed E-state index contributed by atoms with van der Waals surface area (Å²) < 4.78 is 16.2. The van der Waals surface area contributed by atoms with Crippen LogP contribution in [0.4, 0.5) is 5.69 Å². The van der Waals surface area contributed by atoms with Gasteiger partial charge in [-0.15, -0.1) is 0 Å². The van der Waals surface area contributed by atoms with E-state index in [4.69, 9.17) is 14.2 Å². The summed E-state index contributed by atoms with van der Waals surface area (Å²) in [6.07, 6.45) is 4.09. The van der Waals surface area contributed by atoms with Crippen LogP contribution >= 0.6 is 0 Å². The van der Waals surface area contributed by atoms with Gasteiger partial charge in [0.2, 0.25) is 0 Å². The molecule has 24 heavy (non-hydrogen) atoms. The molecule has 6 nitrogen and oxygen atoms in total. The Morgan fingerprint density at radius 3 is 2.67 bits per heavy atom. The predicted octanol–water partition coefficient (Wildman–Crippen LogP) is 2.91. The van der Waals surface area contributed by atoms with Crippen LogP contribution in [-0.4, -0.2) is 31.2 Å². The third kappa shape index (κ3) is 4.19. The first-order valence-electron chi connectivity index (χ1n) is 8.52. The molecule has 6 heteroatoms. The van der Waals surface area contributed by atoms with E-state index >= 15 is 0 Å². The lowest BCUT2D eigenvalue weighted by molar-refractivity contribution is -0.154. The minimum atomic E-state index is -0.827. The number of carbonyl (C=O) groups is 2. The van der Waals surface area contributed by atoms with Gasteiger partial charge in [-0.25, -0.2) is 0 Å². The van der Waals surface area contributed by atoms with Crippen molar-refractivity contribution in [3.63, 3.8) is 0 Å². The third-order valence-electron chi connectivity index (χ3n) is 4.42. The second-order valence-corrected chi connectivity index (χ2v) is 6.33. The monoisotopic (exact) mass is 333 g/mol. The van der Waals surface area contributed by atoms with E-state index in [1.807, 2.05) is 0 Å². The second-order valence-electron chi connectivity index (χ2n) is 6.33. The van der Waals surface area contributed by atoms with Gasteiger partial charge in [0.25, 0.3) is 5.91 Å². The van der Waals surface area contributed by atoms with Crippen molar-refractivity contribution in [3.05, 3.63) is 18.2 Å². The molecule has 1 N–H and O–H groups in total. The first-order chi connectivity index (χ1) is 11.6. The van der Waals surface area contributed by atoms with Gasteiger partial charge in [-0.05, 0) is 37.8 Å². The number of nitrogens with one attached hydrogen (secondary N) is 1. The minimum Gasteiger partial charge on any atom is -0.486 e. The van der Waals surface area contributed by atoms with Crippen LogP contribution < -0.4 is 14.8 Å². The molecule has 1 amide bonds. The van der Waals surface area contributed by atoms with E-state index in [0.29, 0.717) is 42.7 Å². The average Bonchev–Trinajstić information content (AvgIpc) is 3.07. The van der Waals surface area contributed by atoms with Gasteiger partial charge in [0.1, 0.15) is 13.2 Å². The van der Waals surface area contributed by atoms with Crippen molar-refractivity contribution in [1.29, 1.82) is 0 Å². The van der Waals surface area contributed by atoms with Crippen molar-refractivity contribution in [2.75, 3.05) is 18.5 Å². The van der Waals surface area contributed by atoms with Gasteiger partial charge >= 0.3 is 5.97 Å². The van der Waals surface area contributed by atoms with Gasteiger partial charge in [0, 0.05) is 18.2 Å². The van der Waals surface area contributed by atoms with Crippen LogP contribution in [0.15, 0.2) is 18.2 Å². The van der Waals surface area contributed by atoms with Crippen LogP contribution in [0, 0.1) is 5.92 Å². The average molecular weight is 333 g/mol. The minimum absolute atomic E-state index is 0.299. The van der Waals surface area contributed by atoms with Crippen LogP contribution in [0.2, 0.25) is 0 Å². The Morgan fingerprint density at radius 2 is 1.92 bits per heavy atom. The summed E-state index contributed by atoms with van der Waals surface area (Å²) in [5.41, 5.74) is 0.586. The molecule has 130 valence electrons. The van der Waals surface area contributed by atoms with Crippen molar-refractivity contribution in [3.8, 4) is 11.5 Å². The zero-order chi connectivity index (χ0) is 16.9. The van der Waals surface area contributed by atoms with E-state index < -0.39 is 6.10 Å². The van der Waals surface area contributed by atoms with Crippen LogP contribution in [0.25, 0.3) is 0 Å². The quantitative estimate of drug-likeness (QED) is 0.839. The molecule has 2 aliphatic rings. The highest BCUT2D eigenvalue weighted by molar-refractivity contribution is 5.95. The number of benzene rings is 1. The molecule has 1 aromatic carbocycles. The summed E-state index contributed by atoms with van der Waals surface area (Å²) in [5, 5.41) is 2.74. The van der Waals surface area contributed by atoms with Gasteiger partial charge < -0.3 is 19.5 Å². The highest BCUT2D eigenvalue weighted by Gasteiger charge is 2.23. The summed E-state index contributed by atoms with van der Waals surface area (Å²) in [5.74, 6) is 1.02. The third-order valence-corrected chi connectivity index (χ3v) is 4.42. The van der Waals surface area contributed by atoms with Crippen molar-refractivity contribution in [2.24, 2.45) is 5.92 Å². The van der Waals surface area contributed by atoms with E-state index in [-0.39, 0.29) is 11.9 Å². The molecule has 0 bridgehead atoms. The Labute approximate surface area is 141 Å². The molecule has 0 spiro atoms. The van der Waals surface area contributed by atoms with Crippen LogP contribution in [0.5, 0.6) is 11.5 Å². The smallest absolute Gasteiger partial charge is 0.306 e. The zero-order valence-corrected chi connectivity index (χ0v) is 13.9. The van der Waals surface area contributed by atoms with Gasteiger partial charge in [-0.3, -0.25) is 9.59 Å². The highest BCUT2D eigenvalue weighted by Crippen LogP contribution is 2.32. The van der Waals surface area contributed by atoms with Crippen LogP contribution in [0.3, 0.4) is 0 Å². The molecule has 1 saturated carbocycles. The Balaban J connectivity index is 1.51. The first kappa shape index (κ1) is 16.6. The zero-order valence-electron chi connectivity index (χ0n) is 13.9. The molecule has 1 atom stereocenters. The van der Waals surface area contributed by atoms with Gasteiger partial charge in [-0.1, -0.05) is 12.8 Å². The molecule has 0 aromatic heterocycles. The number of hydrogen-bond acceptors (Lipinski definition) is 5. The Bertz CT molecular complexity index is 609. The van der Waals surface area contributed by atoms with Crippen molar-refractivity contribution in [2.45, 2.75) is 45.1 Å². The molecule has 3 rings (SSSR count). The number of rotatable bonds is 5. The molecule has 1 aromatic rings. The van der Waals surface area contributed by atoms with Crippen molar-refractivity contribution in [1.82, 2.24) is 0 Å². The molecular weight excluding hydrogens is 310 g/mol. The second kappa shape index (κ2) is 7.55. The van der Waals surface area contributed by atoms with E-state index in [0.717, 1.165) is 12.8 Å². The maximum atomic E-state index is 12.2. The summed E-state index contributed by atoms with van der Waals surface area (Å²) in [6, 6.07) is 5.19. The summed E-state index contributed by atoms with van der Waals surface area (Å²) in [4.78, 5) is 24.1. The summed E-state index contributed by atoms with van der Waals surface area (Å²) >= 11 is 0. The molecule has 1 unspecified atom stereocenters. The molecule has 0 radical (unpaired) electrons. The van der Waals surface area contributed by atoms with Crippen LogP contribution in [-0.2, 0) is 14.3 Å². The summed E-state index contributed by atoms with van der Waals surface area (Å²) in [6.45, 7) is 2.59. The number of amides is 1. The van der Waals surface area contributed by atoms with E-state index in [2.05, 4.69) is 5.32 Å². The van der Waals surface area contributed by atoms with E-state index in [1.165, 1.54) is 12.8 Å². The lowest BCUT2D eigenvalue weighted by atomic mass is 10.0. The lowest BCUT2D eigenvalue weighted by Crippen LogP contribution is -2.30. The van der Waals surface area contributed by atoms with Gasteiger partial charge in [-0.2, -0.15) is 0 Å². The standard InChI is InChI=1S/C18H23NO5/c1-12(24-17(20)10-13-4-2-3-5-13)18(21)19-14-6-7-15-16(11-14)23-9-8-22-15/h6-7,11-13H,2-5,8-10H2,1H3,(H,19,21). The Hall–Kier alpha value is -2.24. The van der Waals surface area contributed by atoms with Crippen molar-refractivity contribution >= 4 is 17.6 Å².